The minimum atomic E-state index is -0.363. The molecule has 96 valence electrons. The second-order valence-corrected chi connectivity index (χ2v) is 4.36. The van der Waals surface area contributed by atoms with E-state index >= 15 is 0 Å². The molecule has 0 aliphatic heterocycles. The zero-order chi connectivity index (χ0) is 13.7. The van der Waals surface area contributed by atoms with Gasteiger partial charge >= 0.3 is 5.97 Å². The Labute approximate surface area is 113 Å². The average molecular weight is 252 g/mol. The van der Waals surface area contributed by atoms with Crippen LogP contribution in [0.4, 0.5) is 0 Å². The molecule has 0 aliphatic carbocycles. The molecule has 0 spiro atoms. The molecule has 2 aromatic rings. The van der Waals surface area contributed by atoms with Crippen LogP contribution in [0.5, 0.6) is 5.75 Å². The first kappa shape index (κ1) is 13.1. The molecular formula is C17H16O2. The quantitative estimate of drug-likeness (QED) is 0.470. The summed E-state index contributed by atoms with van der Waals surface area (Å²) in [4.78, 5) is 11.7. The van der Waals surface area contributed by atoms with Gasteiger partial charge < -0.3 is 4.74 Å². The summed E-state index contributed by atoms with van der Waals surface area (Å²) in [6, 6.07) is 15.3. The van der Waals surface area contributed by atoms with Crippen LogP contribution < -0.4 is 4.74 Å². The summed E-state index contributed by atoms with van der Waals surface area (Å²) < 4.78 is 5.32. The lowest BCUT2D eigenvalue weighted by Crippen LogP contribution is -2.05. The molecule has 0 fully saturated rings. The third-order valence-corrected chi connectivity index (χ3v) is 2.98. The molecule has 0 amide bonds. The van der Waals surface area contributed by atoms with E-state index < -0.39 is 0 Å². The van der Waals surface area contributed by atoms with Gasteiger partial charge in [0.1, 0.15) is 5.75 Å². The minimum absolute atomic E-state index is 0.363. The fraction of sp³-hybridized carbons (Fsp3) is 0.118. The fourth-order valence-corrected chi connectivity index (χ4v) is 1.71. The number of hydrogen-bond acceptors (Lipinski definition) is 2. The van der Waals surface area contributed by atoms with Crippen molar-refractivity contribution in [1.29, 1.82) is 0 Å². The van der Waals surface area contributed by atoms with Crippen molar-refractivity contribution in [2.24, 2.45) is 0 Å². The highest BCUT2D eigenvalue weighted by Crippen LogP contribution is 2.20. The maximum atomic E-state index is 11.7. The second-order valence-electron chi connectivity index (χ2n) is 4.36. The standard InChI is InChI=1S/C17H16O2/c1-13-7-6-10-16(14(13)2)19-17(18)12-11-15-8-4-3-5-9-15/h3-12H,1-2H3/b12-11+. The van der Waals surface area contributed by atoms with Crippen LogP contribution in [-0.2, 0) is 4.79 Å². The first-order valence-electron chi connectivity index (χ1n) is 6.18. The third kappa shape index (κ3) is 3.55. The average Bonchev–Trinajstić information content (AvgIpc) is 2.43. The Morgan fingerprint density at radius 2 is 1.74 bits per heavy atom. The molecule has 0 aromatic heterocycles. The summed E-state index contributed by atoms with van der Waals surface area (Å²) in [6.45, 7) is 3.94. The molecule has 0 bridgehead atoms. The van der Waals surface area contributed by atoms with Crippen LogP contribution in [0, 0.1) is 13.8 Å². The van der Waals surface area contributed by atoms with Gasteiger partial charge in [0.25, 0.3) is 0 Å². The number of esters is 1. The molecule has 0 unspecified atom stereocenters. The molecule has 19 heavy (non-hydrogen) atoms. The Morgan fingerprint density at radius 3 is 2.47 bits per heavy atom. The Kier molecular flexibility index (Phi) is 4.14. The summed E-state index contributed by atoms with van der Waals surface area (Å²) in [5.74, 6) is 0.250. The number of rotatable bonds is 3. The first-order chi connectivity index (χ1) is 9.16. The molecular weight excluding hydrogens is 236 g/mol. The van der Waals surface area contributed by atoms with Crippen molar-refractivity contribution in [2.75, 3.05) is 0 Å². The van der Waals surface area contributed by atoms with E-state index in [1.54, 1.807) is 12.1 Å². The number of aryl methyl sites for hydroxylation is 1. The molecule has 2 nitrogen and oxygen atoms in total. The summed E-state index contributed by atoms with van der Waals surface area (Å²) in [5, 5.41) is 0. The summed E-state index contributed by atoms with van der Waals surface area (Å²) in [7, 11) is 0. The number of carbonyl (C=O) groups excluding carboxylic acids is 1. The molecule has 2 rings (SSSR count). The topological polar surface area (TPSA) is 26.3 Å². The van der Waals surface area contributed by atoms with E-state index in [0.29, 0.717) is 5.75 Å². The van der Waals surface area contributed by atoms with Crippen molar-refractivity contribution in [3.8, 4) is 5.75 Å². The Morgan fingerprint density at radius 1 is 1.00 bits per heavy atom. The summed E-state index contributed by atoms with van der Waals surface area (Å²) >= 11 is 0. The maximum absolute atomic E-state index is 11.7. The van der Waals surface area contributed by atoms with Crippen LogP contribution in [0.2, 0.25) is 0 Å². The molecule has 0 saturated heterocycles. The van der Waals surface area contributed by atoms with Crippen molar-refractivity contribution in [2.45, 2.75) is 13.8 Å². The predicted octanol–water partition coefficient (Wildman–Crippen LogP) is 3.92. The number of carbonyl (C=O) groups is 1. The highest BCUT2D eigenvalue weighted by molar-refractivity contribution is 5.88. The lowest BCUT2D eigenvalue weighted by atomic mass is 10.1. The van der Waals surface area contributed by atoms with Gasteiger partial charge in [-0.05, 0) is 42.7 Å². The molecule has 2 aromatic carbocycles. The van der Waals surface area contributed by atoms with Crippen LogP contribution in [0.1, 0.15) is 16.7 Å². The highest BCUT2D eigenvalue weighted by atomic mass is 16.5. The van der Waals surface area contributed by atoms with E-state index in [9.17, 15) is 4.79 Å². The van der Waals surface area contributed by atoms with Crippen molar-refractivity contribution < 1.29 is 9.53 Å². The van der Waals surface area contributed by atoms with Gasteiger partial charge in [0.05, 0.1) is 0 Å². The molecule has 0 aliphatic rings. The van der Waals surface area contributed by atoms with E-state index in [1.165, 1.54) is 6.08 Å². The van der Waals surface area contributed by atoms with E-state index in [4.69, 9.17) is 4.74 Å². The maximum Gasteiger partial charge on any atom is 0.336 e. The lowest BCUT2D eigenvalue weighted by Gasteiger charge is -2.07. The fourth-order valence-electron chi connectivity index (χ4n) is 1.71. The van der Waals surface area contributed by atoms with Gasteiger partial charge in [0.2, 0.25) is 0 Å². The predicted molar refractivity (Wildman–Crippen MR) is 77.0 cm³/mol. The van der Waals surface area contributed by atoms with Crippen LogP contribution in [0.25, 0.3) is 6.08 Å². The van der Waals surface area contributed by atoms with Crippen LogP contribution in [0.15, 0.2) is 54.6 Å². The van der Waals surface area contributed by atoms with Crippen molar-refractivity contribution in [3.63, 3.8) is 0 Å². The minimum Gasteiger partial charge on any atom is -0.423 e. The lowest BCUT2D eigenvalue weighted by molar-refractivity contribution is -0.128. The SMILES string of the molecule is Cc1cccc(OC(=O)/C=C/c2ccccc2)c1C. The monoisotopic (exact) mass is 252 g/mol. The van der Waals surface area contributed by atoms with Crippen molar-refractivity contribution in [3.05, 3.63) is 71.3 Å². The van der Waals surface area contributed by atoms with E-state index in [0.717, 1.165) is 16.7 Å². The molecule has 0 N–H and O–H groups in total. The number of benzene rings is 2. The molecule has 0 atom stereocenters. The Hall–Kier alpha value is -2.35. The zero-order valence-corrected chi connectivity index (χ0v) is 11.1. The molecule has 0 saturated carbocycles. The van der Waals surface area contributed by atoms with Gasteiger partial charge in [-0.2, -0.15) is 0 Å². The van der Waals surface area contributed by atoms with Crippen LogP contribution in [0.3, 0.4) is 0 Å². The van der Waals surface area contributed by atoms with Gasteiger partial charge in [0.15, 0.2) is 0 Å². The van der Waals surface area contributed by atoms with E-state index in [2.05, 4.69) is 0 Å². The van der Waals surface area contributed by atoms with Crippen molar-refractivity contribution in [1.82, 2.24) is 0 Å². The first-order valence-corrected chi connectivity index (χ1v) is 6.18. The molecule has 0 radical (unpaired) electrons. The van der Waals surface area contributed by atoms with Gasteiger partial charge in [-0.25, -0.2) is 4.79 Å². The number of ether oxygens (including phenoxy) is 1. The molecule has 2 heteroatoms. The van der Waals surface area contributed by atoms with Gasteiger partial charge in [-0.1, -0.05) is 42.5 Å². The Bertz CT molecular complexity index is 598. The second kappa shape index (κ2) is 6.01. The van der Waals surface area contributed by atoms with Gasteiger partial charge in [-0.15, -0.1) is 0 Å². The molecule has 0 heterocycles. The number of hydrogen-bond donors (Lipinski definition) is 0. The summed E-state index contributed by atoms with van der Waals surface area (Å²) in [5.41, 5.74) is 3.07. The van der Waals surface area contributed by atoms with Gasteiger partial charge in [0, 0.05) is 6.08 Å². The van der Waals surface area contributed by atoms with E-state index in [-0.39, 0.29) is 5.97 Å². The highest BCUT2D eigenvalue weighted by Gasteiger charge is 2.05. The van der Waals surface area contributed by atoms with E-state index in [1.807, 2.05) is 56.3 Å². The normalized spacial score (nSPS) is 10.6. The van der Waals surface area contributed by atoms with Crippen LogP contribution in [-0.4, -0.2) is 5.97 Å². The summed E-state index contributed by atoms with van der Waals surface area (Å²) in [6.07, 6.45) is 3.19. The largest absolute Gasteiger partial charge is 0.423 e. The van der Waals surface area contributed by atoms with Crippen molar-refractivity contribution >= 4 is 12.0 Å². The smallest absolute Gasteiger partial charge is 0.336 e. The van der Waals surface area contributed by atoms with Gasteiger partial charge in [-0.3, -0.25) is 0 Å². The van der Waals surface area contributed by atoms with Crippen LogP contribution >= 0.6 is 0 Å². The third-order valence-electron chi connectivity index (χ3n) is 2.98. The Balaban J connectivity index is 2.06. The zero-order valence-electron chi connectivity index (χ0n) is 11.1.